The molecule has 0 bridgehead atoms. The third kappa shape index (κ3) is 1.06. The first-order chi connectivity index (χ1) is 4.92. The second-order valence-electron chi connectivity index (χ2n) is 3.46. The van der Waals surface area contributed by atoms with Gasteiger partial charge in [-0.1, -0.05) is 0 Å². The molecule has 1 saturated carbocycles. The summed E-state index contributed by atoms with van der Waals surface area (Å²) in [5.74, 6) is 1.72. The molecular weight excluding hydrogens is 126 g/mol. The highest BCUT2D eigenvalue weighted by Gasteiger charge is 2.38. The van der Waals surface area contributed by atoms with Crippen molar-refractivity contribution >= 4 is 0 Å². The van der Waals surface area contributed by atoms with Crippen LogP contribution in [-0.4, -0.2) is 26.3 Å². The van der Waals surface area contributed by atoms with Crippen molar-refractivity contribution in [2.75, 3.05) is 20.2 Å². The molecule has 1 aliphatic carbocycles. The molecule has 0 amide bonds. The number of hydrogen-bond acceptors (Lipinski definition) is 2. The van der Waals surface area contributed by atoms with Crippen LogP contribution in [0.4, 0.5) is 0 Å². The molecule has 2 aliphatic rings. The average Bonchev–Trinajstić information content (AvgIpc) is 2.58. The van der Waals surface area contributed by atoms with E-state index in [-0.39, 0.29) is 0 Å². The first-order valence-corrected chi connectivity index (χ1v) is 4.15. The molecule has 1 N–H and O–H groups in total. The molecule has 58 valence electrons. The summed E-state index contributed by atoms with van der Waals surface area (Å²) in [4.78, 5) is 0. The zero-order valence-electron chi connectivity index (χ0n) is 6.47. The summed E-state index contributed by atoms with van der Waals surface area (Å²) in [6, 6.07) is 0. The van der Waals surface area contributed by atoms with Crippen molar-refractivity contribution in [1.82, 2.24) is 5.32 Å². The molecule has 1 unspecified atom stereocenters. The quantitative estimate of drug-likeness (QED) is 0.622. The van der Waals surface area contributed by atoms with Crippen LogP contribution in [0.2, 0.25) is 0 Å². The molecule has 0 radical (unpaired) electrons. The van der Waals surface area contributed by atoms with E-state index >= 15 is 0 Å². The van der Waals surface area contributed by atoms with Crippen LogP contribution in [0.1, 0.15) is 12.8 Å². The largest absolute Gasteiger partial charge is 0.381 e. The van der Waals surface area contributed by atoms with E-state index in [4.69, 9.17) is 4.74 Å². The van der Waals surface area contributed by atoms with Crippen molar-refractivity contribution in [3.05, 3.63) is 0 Å². The highest BCUT2D eigenvalue weighted by atomic mass is 16.5. The van der Waals surface area contributed by atoms with E-state index in [9.17, 15) is 0 Å². The van der Waals surface area contributed by atoms with Crippen molar-refractivity contribution in [3.8, 4) is 0 Å². The molecule has 2 fully saturated rings. The Hall–Kier alpha value is -0.0800. The van der Waals surface area contributed by atoms with Gasteiger partial charge in [0.1, 0.15) is 0 Å². The minimum absolute atomic E-state index is 0.571. The summed E-state index contributed by atoms with van der Waals surface area (Å²) in [6.07, 6.45) is 3.37. The van der Waals surface area contributed by atoms with Gasteiger partial charge in [-0.2, -0.15) is 0 Å². The van der Waals surface area contributed by atoms with Crippen LogP contribution in [0.3, 0.4) is 0 Å². The lowest BCUT2D eigenvalue weighted by Crippen LogP contribution is -2.49. The molecule has 0 aromatic rings. The minimum atomic E-state index is 0.571. The maximum atomic E-state index is 5.44. The minimum Gasteiger partial charge on any atom is -0.381 e. The molecular formula is C8H15NO. The molecule has 1 saturated heterocycles. The van der Waals surface area contributed by atoms with Crippen molar-refractivity contribution in [2.24, 2.45) is 11.8 Å². The van der Waals surface area contributed by atoms with Gasteiger partial charge in [-0.25, -0.2) is 0 Å². The molecule has 0 aromatic carbocycles. The fourth-order valence-corrected chi connectivity index (χ4v) is 1.74. The van der Waals surface area contributed by atoms with Gasteiger partial charge in [-0.3, -0.25) is 0 Å². The highest BCUT2D eigenvalue weighted by molar-refractivity contribution is 4.91. The second kappa shape index (κ2) is 2.51. The zero-order valence-corrected chi connectivity index (χ0v) is 6.47. The maximum absolute atomic E-state index is 5.44. The highest BCUT2D eigenvalue weighted by Crippen LogP contribution is 2.38. The zero-order chi connectivity index (χ0) is 6.97. The van der Waals surface area contributed by atoms with Crippen LogP contribution in [0, 0.1) is 11.8 Å². The van der Waals surface area contributed by atoms with E-state index in [1.165, 1.54) is 25.9 Å². The van der Waals surface area contributed by atoms with Crippen LogP contribution in [0.15, 0.2) is 0 Å². The van der Waals surface area contributed by atoms with E-state index in [1.807, 2.05) is 7.11 Å². The summed E-state index contributed by atoms with van der Waals surface area (Å²) in [7, 11) is 1.85. The Kier molecular flexibility index (Phi) is 1.66. The van der Waals surface area contributed by atoms with Crippen LogP contribution >= 0.6 is 0 Å². The monoisotopic (exact) mass is 141 g/mol. The van der Waals surface area contributed by atoms with Crippen molar-refractivity contribution < 1.29 is 4.74 Å². The van der Waals surface area contributed by atoms with Gasteiger partial charge in [0.15, 0.2) is 0 Å². The van der Waals surface area contributed by atoms with Gasteiger partial charge in [-0.15, -0.1) is 0 Å². The van der Waals surface area contributed by atoms with E-state index in [0.29, 0.717) is 6.10 Å². The number of nitrogens with one attached hydrogen (secondary N) is 1. The lowest BCUT2D eigenvalue weighted by Gasteiger charge is -2.33. The number of hydrogen-bond donors (Lipinski definition) is 1. The van der Waals surface area contributed by atoms with Gasteiger partial charge in [0.05, 0.1) is 6.10 Å². The summed E-state index contributed by atoms with van der Waals surface area (Å²) >= 11 is 0. The van der Waals surface area contributed by atoms with Crippen molar-refractivity contribution in [1.29, 1.82) is 0 Å². The van der Waals surface area contributed by atoms with Crippen LogP contribution in [-0.2, 0) is 4.74 Å². The second-order valence-corrected chi connectivity index (χ2v) is 3.46. The van der Waals surface area contributed by atoms with Crippen LogP contribution in [0.5, 0.6) is 0 Å². The van der Waals surface area contributed by atoms with Crippen LogP contribution < -0.4 is 5.32 Å². The lowest BCUT2D eigenvalue weighted by atomic mass is 9.93. The molecule has 1 heterocycles. The fraction of sp³-hybridized carbons (Fsp3) is 1.00. The standard InChI is InChI=1S/C8H15NO/c1-10-8(6-2-3-6)7-4-9-5-7/h6-9H,2-5H2,1H3. The molecule has 1 aliphatic heterocycles. The Morgan fingerprint density at radius 1 is 1.30 bits per heavy atom. The first-order valence-electron chi connectivity index (χ1n) is 4.15. The van der Waals surface area contributed by atoms with E-state index in [2.05, 4.69) is 5.32 Å². The topological polar surface area (TPSA) is 21.3 Å². The Morgan fingerprint density at radius 3 is 2.30 bits per heavy atom. The first kappa shape index (κ1) is 6.62. The van der Waals surface area contributed by atoms with Gasteiger partial charge in [0.25, 0.3) is 0 Å². The van der Waals surface area contributed by atoms with Gasteiger partial charge >= 0.3 is 0 Å². The van der Waals surface area contributed by atoms with Crippen molar-refractivity contribution in [3.63, 3.8) is 0 Å². The summed E-state index contributed by atoms with van der Waals surface area (Å²) in [5, 5.41) is 3.28. The van der Waals surface area contributed by atoms with E-state index < -0.39 is 0 Å². The molecule has 2 rings (SSSR count). The number of rotatable bonds is 3. The molecule has 2 heteroatoms. The van der Waals surface area contributed by atoms with Crippen molar-refractivity contribution in [2.45, 2.75) is 18.9 Å². The Balaban J connectivity index is 1.84. The molecule has 10 heavy (non-hydrogen) atoms. The van der Waals surface area contributed by atoms with Gasteiger partial charge in [-0.05, 0) is 18.8 Å². The molecule has 1 atom stereocenters. The maximum Gasteiger partial charge on any atom is 0.0651 e. The van der Waals surface area contributed by atoms with E-state index in [0.717, 1.165) is 11.8 Å². The van der Waals surface area contributed by atoms with E-state index in [1.54, 1.807) is 0 Å². The Bertz CT molecular complexity index is 118. The van der Waals surface area contributed by atoms with Gasteiger partial charge in [0.2, 0.25) is 0 Å². The molecule has 2 nitrogen and oxygen atoms in total. The average molecular weight is 141 g/mol. The normalized spacial score (nSPS) is 29.7. The third-order valence-corrected chi connectivity index (χ3v) is 2.64. The number of methoxy groups -OCH3 is 1. The van der Waals surface area contributed by atoms with Crippen LogP contribution in [0.25, 0.3) is 0 Å². The summed E-state index contributed by atoms with van der Waals surface area (Å²) in [5.41, 5.74) is 0. The SMILES string of the molecule is COC(C1CC1)C1CNC1. The van der Waals surface area contributed by atoms with Gasteiger partial charge < -0.3 is 10.1 Å². The predicted octanol–water partition coefficient (Wildman–Crippen LogP) is 0.631. The smallest absolute Gasteiger partial charge is 0.0651 e. The fourth-order valence-electron chi connectivity index (χ4n) is 1.74. The molecule has 0 spiro atoms. The Morgan fingerprint density at radius 2 is 2.00 bits per heavy atom. The lowest BCUT2D eigenvalue weighted by molar-refractivity contribution is 0.0147. The Labute approximate surface area is 61.9 Å². The number of ether oxygens (including phenoxy) is 1. The third-order valence-electron chi connectivity index (χ3n) is 2.64. The summed E-state index contributed by atoms with van der Waals surface area (Å²) < 4.78 is 5.44. The van der Waals surface area contributed by atoms with Gasteiger partial charge in [0, 0.05) is 26.1 Å². The summed E-state index contributed by atoms with van der Waals surface area (Å²) in [6.45, 7) is 2.35. The predicted molar refractivity (Wildman–Crippen MR) is 39.9 cm³/mol. The molecule has 0 aromatic heterocycles.